The Labute approximate surface area is 181 Å². The average molecular weight is 397 g/mol. The lowest BCUT2D eigenvalue weighted by Gasteiger charge is -2.70. The van der Waals surface area contributed by atoms with Crippen LogP contribution < -0.4 is 0 Å². The zero-order valence-electron chi connectivity index (χ0n) is 20.6. The second kappa shape index (κ2) is 6.38. The maximum Gasteiger partial charge on any atom is -0.00564 e. The first-order valence-corrected chi connectivity index (χ1v) is 13.3. The normalized spacial score (nSPS) is 59.6. The molecule has 0 radical (unpaired) electrons. The van der Waals surface area contributed by atoms with Gasteiger partial charge in [0.2, 0.25) is 0 Å². The van der Waals surface area contributed by atoms with Crippen molar-refractivity contribution < 1.29 is 0 Å². The van der Waals surface area contributed by atoms with Crippen LogP contribution in [-0.2, 0) is 0 Å². The van der Waals surface area contributed by atoms with Gasteiger partial charge in [0.05, 0.1) is 0 Å². The van der Waals surface area contributed by atoms with E-state index in [1.165, 1.54) is 64.2 Å². The molecule has 4 saturated carbocycles. The van der Waals surface area contributed by atoms with Crippen molar-refractivity contribution in [3.05, 3.63) is 11.6 Å². The summed E-state index contributed by atoms with van der Waals surface area (Å²) in [7, 11) is 0. The van der Waals surface area contributed by atoms with Crippen LogP contribution in [0.1, 0.15) is 113 Å². The highest BCUT2D eigenvalue weighted by atomic mass is 14.7. The SMILES string of the molecule is C[C@H]1CC[C@@]2(C)[C@@H](CC[C@]3(C)[C@@H]2CC=C2[C@H]4[C@@H](C)[C@H](C)CCC4(C)CC[C@]23C)C1. The summed E-state index contributed by atoms with van der Waals surface area (Å²) >= 11 is 0. The van der Waals surface area contributed by atoms with Gasteiger partial charge in [-0.2, -0.15) is 0 Å². The van der Waals surface area contributed by atoms with Crippen LogP contribution in [0, 0.1) is 57.2 Å². The highest BCUT2D eigenvalue weighted by molar-refractivity contribution is 5.33. The maximum absolute atomic E-state index is 2.86. The second-order valence-corrected chi connectivity index (χ2v) is 13.8. The zero-order chi connectivity index (χ0) is 20.8. The van der Waals surface area contributed by atoms with Gasteiger partial charge in [-0.05, 0) is 115 Å². The highest BCUT2D eigenvalue weighted by Crippen LogP contribution is 2.74. The van der Waals surface area contributed by atoms with E-state index in [-0.39, 0.29) is 0 Å². The first-order valence-electron chi connectivity index (χ1n) is 13.3. The van der Waals surface area contributed by atoms with Gasteiger partial charge in [-0.15, -0.1) is 0 Å². The number of fused-ring (bicyclic) bond motifs is 7. The van der Waals surface area contributed by atoms with Crippen LogP contribution in [0.15, 0.2) is 11.6 Å². The molecular formula is C29H48. The Balaban J connectivity index is 1.57. The van der Waals surface area contributed by atoms with Crippen molar-refractivity contribution in [3.63, 3.8) is 0 Å². The molecule has 0 bridgehead atoms. The third kappa shape index (κ3) is 2.56. The minimum absolute atomic E-state index is 0.447. The van der Waals surface area contributed by atoms with Crippen LogP contribution >= 0.6 is 0 Å². The van der Waals surface area contributed by atoms with E-state index in [4.69, 9.17) is 0 Å². The van der Waals surface area contributed by atoms with E-state index in [1.54, 1.807) is 0 Å². The molecule has 5 aliphatic carbocycles. The Morgan fingerprint density at radius 2 is 1.59 bits per heavy atom. The molecule has 0 aromatic rings. The second-order valence-electron chi connectivity index (χ2n) is 13.8. The number of rotatable bonds is 0. The van der Waals surface area contributed by atoms with Crippen LogP contribution in [0.3, 0.4) is 0 Å². The van der Waals surface area contributed by atoms with Gasteiger partial charge in [-0.1, -0.05) is 66.5 Å². The molecule has 5 rings (SSSR count). The molecule has 0 saturated heterocycles. The molecular weight excluding hydrogens is 348 g/mol. The summed E-state index contributed by atoms with van der Waals surface area (Å²) in [6.07, 6.45) is 17.6. The van der Waals surface area contributed by atoms with Gasteiger partial charge in [-0.25, -0.2) is 0 Å². The molecule has 0 heteroatoms. The Bertz CT molecular complexity index is 703. The minimum Gasteiger partial charge on any atom is -0.0841 e. The Kier molecular flexibility index (Phi) is 4.54. The van der Waals surface area contributed by atoms with Crippen LogP contribution in [-0.4, -0.2) is 0 Å². The number of allylic oxidation sites excluding steroid dienone is 2. The smallest absolute Gasteiger partial charge is 0.00564 e. The first-order chi connectivity index (χ1) is 13.6. The molecule has 0 heterocycles. The molecule has 4 fully saturated rings. The lowest BCUT2D eigenvalue weighted by atomic mass is 9.35. The van der Waals surface area contributed by atoms with Crippen molar-refractivity contribution in [3.8, 4) is 0 Å². The monoisotopic (exact) mass is 396 g/mol. The summed E-state index contributed by atoms with van der Waals surface area (Å²) in [6, 6.07) is 0. The van der Waals surface area contributed by atoms with E-state index in [0.717, 1.165) is 35.5 Å². The van der Waals surface area contributed by atoms with Crippen molar-refractivity contribution in [2.24, 2.45) is 57.2 Å². The molecule has 0 spiro atoms. The summed E-state index contributed by atoms with van der Waals surface area (Å²) in [5.41, 5.74) is 4.07. The van der Waals surface area contributed by atoms with E-state index >= 15 is 0 Å². The van der Waals surface area contributed by atoms with Crippen LogP contribution in [0.5, 0.6) is 0 Å². The largest absolute Gasteiger partial charge is 0.0841 e. The Morgan fingerprint density at radius 3 is 2.34 bits per heavy atom. The molecule has 10 atom stereocenters. The standard InChI is InChI=1S/C29H48/c1-19-10-14-27(5)22(18-19)12-15-29(7)24(27)9-8-23-25-21(3)20(2)11-13-26(25,4)16-17-28(23,29)6/h8,19-22,24-25H,9-18H2,1-7H3/t19-,20+,21-,22-,24+,25+,26?,27-,28+,29+/m0/s1. The van der Waals surface area contributed by atoms with Crippen LogP contribution in [0.2, 0.25) is 0 Å². The molecule has 29 heavy (non-hydrogen) atoms. The minimum atomic E-state index is 0.447. The van der Waals surface area contributed by atoms with E-state index in [0.29, 0.717) is 21.7 Å². The molecule has 0 aromatic carbocycles. The summed E-state index contributed by atoms with van der Waals surface area (Å²) < 4.78 is 0. The summed E-state index contributed by atoms with van der Waals surface area (Å²) in [6.45, 7) is 18.6. The topological polar surface area (TPSA) is 0 Å². The first kappa shape index (κ1) is 20.6. The van der Waals surface area contributed by atoms with Gasteiger partial charge in [0.25, 0.3) is 0 Å². The summed E-state index contributed by atoms with van der Waals surface area (Å²) in [5.74, 6) is 5.47. The van der Waals surface area contributed by atoms with E-state index in [9.17, 15) is 0 Å². The van der Waals surface area contributed by atoms with E-state index < -0.39 is 0 Å². The lowest BCUT2D eigenvalue weighted by Crippen LogP contribution is -2.62. The Hall–Kier alpha value is -0.260. The molecule has 0 N–H and O–H groups in total. The lowest BCUT2D eigenvalue weighted by molar-refractivity contribution is -0.160. The summed E-state index contributed by atoms with van der Waals surface area (Å²) in [5, 5.41) is 0. The molecule has 0 nitrogen and oxygen atoms in total. The fourth-order valence-electron chi connectivity index (χ4n) is 10.2. The molecule has 0 amide bonds. The van der Waals surface area contributed by atoms with Crippen molar-refractivity contribution in [2.45, 2.75) is 113 Å². The fraction of sp³-hybridized carbons (Fsp3) is 0.931. The van der Waals surface area contributed by atoms with Crippen molar-refractivity contribution in [2.75, 3.05) is 0 Å². The number of hydrogen-bond acceptors (Lipinski definition) is 0. The third-order valence-electron chi connectivity index (χ3n) is 12.7. The number of hydrogen-bond donors (Lipinski definition) is 0. The van der Waals surface area contributed by atoms with Crippen LogP contribution in [0.4, 0.5) is 0 Å². The predicted octanol–water partition coefficient (Wildman–Crippen LogP) is 8.66. The third-order valence-corrected chi connectivity index (χ3v) is 12.7. The van der Waals surface area contributed by atoms with E-state index in [1.807, 2.05) is 5.57 Å². The average Bonchev–Trinajstić information content (AvgIpc) is 2.67. The zero-order valence-corrected chi connectivity index (χ0v) is 20.6. The highest BCUT2D eigenvalue weighted by Gasteiger charge is 2.65. The molecule has 164 valence electrons. The van der Waals surface area contributed by atoms with Gasteiger partial charge in [0.15, 0.2) is 0 Å². The quantitative estimate of drug-likeness (QED) is 0.359. The van der Waals surface area contributed by atoms with Crippen molar-refractivity contribution in [1.82, 2.24) is 0 Å². The Morgan fingerprint density at radius 1 is 0.828 bits per heavy atom. The van der Waals surface area contributed by atoms with Crippen molar-refractivity contribution in [1.29, 1.82) is 0 Å². The maximum atomic E-state index is 2.86. The van der Waals surface area contributed by atoms with Gasteiger partial charge in [0, 0.05) is 0 Å². The van der Waals surface area contributed by atoms with Gasteiger partial charge in [0.1, 0.15) is 0 Å². The van der Waals surface area contributed by atoms with Gasteiger partial charge >= 0.3 is 0 Å². The predicted molar refractivity (Wildman–Crippen MR) is 125 cm³/mol. The van der Waals surface area contributed by atoms with Crippen molar-refractivity contribution >= 4 is 0 Å². The fourth-order valence-corrected chi connectivity index (χ4v) is 10.2. The van der Waals surface area contributed by atoms with Gasteiger partial charge in [-0.3, -0.25) is 0 Å². The van der Waals surface area contributed by atoms with E-state index in [2.05, 4.69) is 54.5 Å². The molecule has 1 unspecified atom stereocenters. The van der Waals surface area contributed by atoms with Gasteiger partial charge < -0.3 is 0 Å². The molecule has 0 aliphatic heterocycles. The molecule has 5 aliphatic rings. The summed E-state index contributed by atoms with van der Waals surface area (Å²) in [4.78, 5) is 0. The van der Waals surface area contributed by atoms with Crippen LogP contribution in [0.25, 0.3) is 0 Å². The molecule has 0 aromatic heterocycles.